The topological polar surface area (TPSA) is 108 Å². The van der Waals surface area contributed by atoms with Crippen molar-refractivity contribution in [1.29, 1.82) is 0 Å². The Morgan fingerprint density at radius 3 is 2.77 bits per heavy atom. The zero-order valence-corrected chi connectivity index (χ0v) is 27.0. The lowest BCUT2D eigenvalue weighted by atomic mass is 9.95. The summed E-state index contributed by atoms with van der Waals surface area (Å²) in [6.45, 7) is 2.99. The summed E-state index contributed by atoms with van der Waals surface area (Å²) in [5.74, 6) is 4.30. The minimum Gasteiger partial charge on any atom is -0.459 e. The number of carbonyl (C=O) groups excluding carboxylic acids is 2. The molecule has 4 aliphatic rings. The molecule has 0 aromatic carbocycles. The second-order valence-electron chi connectivity index (χ2n) is 12.5. The molecule has 48 heavy (non-hydrogen) atoms. The summed E-state index contributed by atoms with van der Waals surface area (Å²) < 4.78 is 45.1. The number of nitrogens with zero attached hydrogens (tertiary/aromatic N) is 2. The van der Waals surface area contributed by atoms with Crippen LogP contribution in [-0.2, 0) is 9.63 Å². The van der Waals surface area contributed by atoms with E-state index in [1.54, 1.807) is 12.3 Å². The van der Waals surface area contributed by atoms with E-state index in [4.69, 9.17) is 9.25 Å². The van der Waals surface area contributed by atoms with Gasteiger partial charge in [0.1, 0.15) is 6.23 Å². The number of likely N-dealkylation sites (tertiary alicyclic amines) is 1. The predicted molar refractivity (Wildman–Crippen MR) is 176 cm³/mol. The van der Waals surface area contributed by atoms with Gasteiger partial charge in [0.05, 0.1) is 18.1 Å². The van der Waals surface area contributed by atoms with Gasteiger partial charge in [0.25, 0.3) is 11.8 Å². The third kappa shape index (κ3) is 10.4. The quantitative estimate of drug-likeness (QED) is 0.160. The number of allylic oxidation sites excluding steroid dienone is 6. The maximum Gasteiger partial charge on any atom is 0.393 e. The highest BCUT2D eigenvalue weighted by molar-refractivity contribution is 5.94. The monoisotopic (exact) mass is 665 g/mol. The van der Waals surface area contributed by atoms with E-state index in [2.05, 4.69) is 32.9 Å². The van der Waals surface area contributed by atoms with Crippen molar-refractivity contribution >= 4 is 18.0 Å². The van der Waals surface area contributed by atoms with Gasteiger partial charge in [-0.25, -0.2) is 5.48 Å². The van der Waals surface area contributed by atoms with Crippen LogP contribution in [0.2, 0.25) is 0 Å². The fourth-order valence-corrected chi connectivity index (χ4v) is 6.05. The molecule has 1 saturated heterocycles. The molecule has 256 valence electrons. The normalized spacial score (nSPS) is 24.7. The molecular formula is C36H42F3N5O4. The van der Waals surface area contributed by atoms with E-state index >= 15 is 0 Å². The number of amides is 2. The summed E-state index contributed by atoms with van der Waals surface area (Å²) in [7, 11) is 0. The number of carbonyl (C=O) groups is 2. The average Bonchev–Trinajstić information content (AvgIpc) is 3.52. The number of rotatable bonds is 11. The van der Waals surface area contributed by atoms with Crippen molar-refractivity contribution in [2.75, 3.05) is 19.6 Å². The molecule has 4 unspecified atom stereocenters. The summed E-state index contributed by atoms with van der Waals surface area (Å²) in [6.07, 6.45) is 17.0. The molecule has 2 aliphatic heterocycles. The molecule has 2 amide bonds. The molecule has 2 aliphatic carbocycles. The molecule has 12 heteroatoms. The van der Waals surface area contributed by atoms with Crippen LogP contribution in [0.4, 0.5) is 13.2 Å². The van der Waals surface area contributed by atoms with E-state index in [0.717, 1.165) is 17.7 Å². The van der Waals surface area contributed by atoms with Gasteiger partial charge in [-0.1, -0.05) is 48.3 Å². The van der Waals surface area contributed by atoms with E-state index in [1.807, 2.05) is 54.4 Å². The van der Waals surface area contributed by atoms with E-state index in [1.165, 1.54) is 12.5 Å². The van der Waals surface area contributed by atoms with Crippen LogP contribution in [0.5, 0.6) is 0 Å². The number of piperidine rings is 1. The standard InChI is InChI=1S/C36H42F3N5O4/c1-25-16-19-47-33(25)35(46)42-31-12-5-8-26(21-31)14-15-27-20-28(23-40-22-27)34(45)43-48-32(41-30-10-3-2-4-11-30)13-7-18-44-17-6-9-29(24-44)36(37,38)39/h2-5,8,10,12,16,19,22-23,26-27,29-30,32,41H,6-7,9,11,13,17-18,20-21,24H2,1H3,(H,42,46)(H,43,45)/t26?,27?,29?,30?,32-/m0/s1. The molecular weight excluding hydrogens is 623 g/mol. The van der Waals surface area contributed by atoms with Crippen molar-refractivity contribution in [3.05, 3.63) is 83.7 Å². The van der Waals surface area contributed by atoms with E-state index in [9.17, 15) is 22.8 Å². The third-order valence-corrected chi connectivity index (χ3v) is 8.69. The first-order valence-electron chi connectivity index (χ1n) is 16.4. The van der Waals surface area contributed by atoms with Crippen molar-refractivity contribution < 1.29 is 32.0 Å². The summed E-state index contributed by atoms with van der Waals surface area (Å²) in [4.78, 5) is 37.6. The third-order valence-electron chi connectivity index (χ3n) is 8.69. The smallest absolute Gasteiger partial charge is 0.393 e. The molecule has 1 aromatic rings. The van der Waals surface area contributed by atoms with Gasteiger partial charge in [-0.3, -0.25) is 24.7 Å². The van der Waals surface area contributed by atoms with Crippen molar-refractivity contribution in [2.24, 2.45) is 22.7 Å². The van der Waals surface area contributed by atoms with Gasteiger partial charge in [-0.05, 0) is 70.7 Å². The molecule has 3 heterocycles. The number of nitrogens with one attached hydrogen (secondary N) is 3. The molecule has 5 rings (SSSR count). The zero-order chi connectivity index (χ0) is 33.9. The molecule has 0 bridgehead atoms. The zero-order valence-electron chi connectivity index (χ0n) is 27.0. The minimum atomic E-state index is -4.17. The summed E-state index contributed by atoms with van der Waals surface area (Å²) in [5.41, 5.74) is 4.47. The lowest BCUT2D eigenvalue weighted by Crippen LogP contribution is -2.45. The Labute approximate surface area is 279 Å². The van der Waals surface area contributed by atoms with Gasteiger partial charge in [-0.15, -0.1) is 0 Å². The van der Waals surface area contributed by atoms with Crippen LogP contribution in [0.1, 0.15) is 61.1 Å². The fraction of sp³-hybridized carbons (Fsp3) is 0.472. The molecule has 5 atom stereocenters. The number of alkyl halides is 3. The number of aliphatic imine (C=N–C) groups is 1. The highest BCUT2D eigenvalue weighted by atomic mass is 19.4. The van der Waals surface area contributed by atoms with Crippen LogP contribution in [0, 0.1) is 36.5 Å². The second kappa shape index (κ2) is 16.8. The lowest BCUT2D eigenvalue weighted by Gasteiger charge is -2.34. The second-order valence-corrected chi connectivity index (χ2v) is 12.5. The molecule has 0 spiro atoms. The van der Waals surface area contributed by atoms with Crippen molar-refractivity contribution in [3.8, 4) is 11.8 Å². The Bertz CT molecular complexity index is 1540. The van der Waals surface area contributed by atoms with Gasteiger partial charge >= 0.3 is 6.18 Å². The fourth-order valence-electron chi connectivity index (χ4n) is 6.05. The number of halogens is 3. The highest BCUT2D eigenvalue weighted by Crippen LogP contribution is 2.33. The number of furan rings is 1. The summed E-state index contributed by atoms with van der Waals surface area (Å²) in [6, 6.07) is 1.74. The Kier molecular flexibility index (Phi) is 12.3. The number of hydroxylamine groups is 1. The predicted octanol–water partition coefficient (Wildman–Crippen LogP) is 5.66. The molecule has 1 aromatic heterocycles. The van der Waals surface area contributed by atoms with Crippen LogP contribution >= 0.6 is 0 Å². The van der Waals surface area contributed by atoms with E-state index < -0.39 is 24.2 Å². The number of hydrogen-bond acceptors (Lipinski definition) is 7. The summed E-state index contributed by atoms with van der Waals surface area (Å²) in [5, 5.41) is 6.28. The van der Waals surface area contributed by atoms with Gasteiger partial charge in [0, 0.05) is 54.2 Å². The van der Waals surface area contributed by atoms with Crippen LogP contribution < -0.4 is 16.1 Å². The van der Waals surface area contributed by atoms with Crippen molar-refractivity contribution in [2.45, 2.75) is 70.3 Å². The first-order valence-corrected chi connectivity index (χ1v) is 16.4. The van der Waals surface area contributed by atoms with Crippen LogP contribution in [0.25, 0.3) is 0 Å². The van der Waals surface area contributed by atoms with Crippen molar-refractivity contribution in [1.82, 2.24) is 21.0 Å². The number of hydrogen-bond donors (Lipinski definition) is 3. The summed E-state index contributed by atoms with van der Waals surface area (Å²) >= 11 is 0. The maximum atomic E-state index is 13.3. The molecule has 9 nitrogen and oxygen atoms in total. The SMILES string of the molecule is Cc1ccoc1C(=O)NC1=CC=CC(C#CC2C=NC=C(C(=O)NO[C@@H](CCCN3CCCC(C(F)(F)F)C3)NC3C=CC=CC3)C2)C1. The number of aryl methyl sites for hydroxylation is 1. The Morgan fingerprint density at radius 2 is 2.00 bits per heavy atom. The van der Waals surface area contributed by atoms with E-state index in [-0.39, 0.29) is 42.5 Å². The Hall–Kier alpha value is -4.18. The van der Waals surface area contributed by atoms with Gasteiger partial charge in [0.2, 0.25) is 0 Å². The van der Waals surface area contributed by atoms with Crippen LogP contribution in [-0.4, -0.2) is 61.0 Å². The van der Waals surface area contributed by atoms with Gasteiger partial charge < -0.3 is 14.6 Å². The minimum absolute atomic E-state index is 0.00595. The van der Waals surface area contributed by atoms with Gasteiger partial charge in [0.15, 0.2) is 5.76 Å². The van der Waals surface area contributed by atoms with Crippen molar-refractivity contribution in [3.63, 3.8) is 0 Å². The molecule has 0 saturated carbocycles. The molecule has 0 radical (unpaired) electrons. The van der Waals surface area contributed by atoms with E-state index in [0.29, 0.717) is 50.8 Å². The first-order chi connectivity index (χ1) is 23.1. The van der Waals surface area contributed by atoms with Crippen LogP contribution in [0.15, 0.2) is 81.7 Å². The Morgan fingerprint density at radius 1 is 1.15 bits per heavy atom. The highest BCUT2D eigenvalue weighted by Gasteiger charge is 2.41. The van der Waals surface area contributed by atoms with Crippen LogP contribution in [0.3, 0.4) is 0 Å². The van der Waals surface area contributed by atoms with Gasteiger partial charge in [-0.2, -0.15) is 13.2 Å². The Balaban J connectivity index is 1.09. The molecule has 1 fully saturated rings. The lowest BCUT2D eigenvalue weighted by molar-refractivity contribution is -0.186. The largest absolute Gasteiger partial charge is 0.459 e. The molecule has 3 N–H and O–H groups in total. The first kappa shape index (κ1) is 35.1. The maximum absolute atomic E-state index is 13.3. The average molecular weight is 666 g/mol.